The summed E-state index contributed by atoms with van der Waals surface area (Å²) in [5.41, 5.74) is 0.685. The van der Waals surface area contributed by atoms with Crippen LogP contribution in [0.2, 0.25) is 10.0 Å². The van der Waals surface area contributed by atoms with Crippen LogP contribution in [0.5, 0.6) is 0 Å². The molecule has 2 N–H and O–H groups in total. The Kier molecular flexibility index (Phi) is 5.60. The molecular weight excluding hydrogens is 303 g/mol. The highest BCUT2D eigenvalue weighted by Gasteiger charge is 2.06. The molecule has 108 valence electrons. The van der Waals surface area contributed by atoms with E-state index in [1.807, 2.05) is 0 Å². The van der Waals surface area contributed by atoms with E-state index in [1.165, 1.54) is 0 Å². The Morgan fingerprint density at radius 3 is 2.65 bits per heavy atom. The van der Waals surface area contributed by atoms with Crippen LogP contribution in [0.4, 0.5) is 11.7 Å². The van der Waals surface area contributed by atoms with Crippen LogP contribution in [-0.2, 0) is 11.3 Å². The van der Waals surface area contributed by atoms with Crippen molar-refractivity contribution in [2.75, 3.05) is 25.6 Å². The zero-order valence-electron chi connectivity index (χ0n) is 10.8. The van der Waals surface area contributed by atoms with E-state index in [9.17, 15) is 0 Å². The number of ether oxygens (including phenoxy) is 1. The average molecular weight is 317 g/mol. The summed E-state index contributed by atoms with van der Waals surface area (Å²) in [5.74, 6) is 0.483. The smallest absolute Gasteiger partial charge is 0.320 e. The largest absolute Gasteiger partial charge is 0.406 e. The minimum Gasteiger partial charge on any atom is -0.406 e. The predicted molar refractivity (Wildman–Crippen MR) is 77.6 cm³/mol. The summed E-state index contributed by atoms with van der Waals surface area (Å²) >= 11 is 11.8. The lowest BCUT2D eigenvalue weighted by molar-refractivity contribution is 0.198. The quantitative estimate of drug-likeness (QED) is 0.765. The molecule has 1 aromatic heterocycles. The van der Waals surface area contributed by atoms with Gasteiger partial charge in [-0.05, 0) is 18.2 Å². The van der Waals surface area contributed by atoms with Gasteiger partial charge in [0.15, 0.2) is 0 Å². The average Bonchev–Trinajstić information content (AvgIpc) is 2.81. The molecule has 0 aliphatic rings. The molecule has 0 atom stereocenters. The molecule has 0 fully saturated rings. The van der Waals surface area contributed by atoms with E-state index >= 15 is 0 Å². The molecule has 1 heterocycles. The fourth-order valence-corrected chi connectivity index (χ4v) is 2.02. The van der Waals surface area contributed by atoms with E-state index in [1.54, 1.807) is 25.3 Å². The van der Waals surface area contributed by atoms with Crippen molar-refractivity contribution in [3.8, 4) is 0 Å². The van der Waals surface area contributed by atoms with Gasteiger partial charge in [0.1, 0.15) is 0 Å². The maximum atomic E-state index is 5.91. The third kappa shape index (κ3) is 4.64. The topological polar surface area (TPSA) is 72.2 Å². The Labute approximate surface area is 126 Å². The van der Waals surface area contributed by atoms with Crippen LogP contribution >= 0.6 is 23.2 Å². The standard InChI is InChI=1S/C12H14Cl2N4O2/c1-19-3-2-15-7-11-17-18-12(20-11)16-10-5-8(13)4-9(14)6-10/h4-6,15H,2-3,7H2,1H3,(H,16,18). The second kappa shape index (κ2) is 7.44. The van der Waals surface area contributed by atoms with Crippen molar-refractivity contribution in [1.29, 1.82) is 0 Å². The highest BCUT2D eigenvalue weighted by molar-refractivity contribution is 6.35. The Hall–Kier alpha value is -1.34. The first-order chi connectivity index (χ1) is 9.67. The zero-order chi connectivity index (χ0) is 14.4. The van der Waals surface area contributed by atoms with Crippen LogP contribution in [-0.4, -0.2) is 30.5 Å². The molecule has 0 saturated carbocycles. The Bertz CT molecular complexity index is 542. The minimum atomic E-state index is 0.284. The Morgan fingerprint density at radius 1 is 1.20 bits per heavy atom. The van der Waals surface area contributed by atoms with Crippen LogP contribution in [0.1, 0.15) is 5.89 Å². The third-order valence-corrected chi connectivity index (χ3v) is 2.78. The highest BCUT2D eigenvalue weighted by atomic mass is 35.5. The lowest BCUT2D eigenvalue weighted by atomic mass is 10.3. The molecule has 8 heteroatoms. The monoisotopic (exact) mass is 316 g/mol. The number of benzene rings is 1. The van der Waals surface area contributed by atoms with E-state index in [2.05, 4.69) is 20.8 Å². The summed E-state index contributed by atoms with van der Waals surface area (Å²) < 4.78 is 10.3. The van der Waals surface area contributed by atoms with Gasteiger partial charge in [0.25, 0.3) is 0 Å². The van der Waals surface area contributed by atoms with E-state index in [4.69, 9.17) is 32.4 Å². The normalized spacial score (nSPS) is 10.8. The molecule has 0 aliphatic carbocycles. The van der Waals surface area contributed by atoms with Crippen LogP contribution in [0.25, 0.3) is 0 Å². The molecule has 6 nitrogen and oxygen atoms in total. The number of nitrogens with zero attached hydrogens (tertiary/aromatic N) is 2. The van der Waals surface area contributed by atoms with Crippen molar-refractivity contribution >= 4 is 34.9 Å². The van der Waals surface area contributed by atoms with Crippen molar-refractivity contribution in [2.24, 2.45) is 0 Å². The highest BCUT2D eigenvalue weighted by Crippen LogP contribution is 2.24. The second-order valence-corrected chi connectivity index (χ2v) is 4.83. The second-order valence-electron chi connectivity index (χ2n) is 3.95. The fraction of sp³-hybridized carbons (Fsp3) is 0.333. The predicted octanol–water partition coefficient (Wildman–Crippen LogP) is 2.86. The summed E-state index contributed by atoms with van der Waals surface area (Å²) in [6.07, 6.45) is 0. The number of aromatic nitrogens is 2. The SMILES string of the molecule is COCCNCc1nnc(Nc2cc(Cl)cc(Cl)c2)o1. The first kappa shape index (κ1) is 15.1. The number of halogens is 2. The van der Waals surface area contributed by atoms with E-state index < -0.39 is 0 Å². The third-order valence-electron chi connectivity index (χ3n) is 2.34. The van der Waals surface area contributed by atoms with Gasteiger partial charge in [0.2, 0.25) is 5.89 Å². The maximum Gasteiger partial charge on any atom is 0.320 e. The molecule has 0 radical (unpaired) electrons. The van der Waals surface area contributed by atoms with Crippen molar-refractivity contribution < 1.29 is 9.15 Å². The molecule has 0 bridgehead atoms. The van der Waals surface area contributed by atoms with Gasteiger partial charge in [-0.25, -0.2) is 0 Å². The summed E-state index contributed by atoms with van der Waals surface area (Å²) in [4.78, 5) is 0. The van der Waals surface area contributed by atoms with Crippen molar-refractivity contribution in [3.63, 3.8) is 0 Å². The summed E-state index contributed by atoms with van der Waals surface area (Å²) in [7, 11) is 1.65. The number of rotatable bonds is 7. The van der Waals surface area contributed by atoms with Gasteiger partial charge >= 0.3 is 6.01 Å². The van der Waals surface area contributed by atoms with Crippen molar-refractivity contribution in [3.05, 3.63) is 34.1 Å². The first-order valence-corrected chi connectivity index (χ1v) is 6.68. The van der Waals surface area contributed by atoms with Gasteiger partial charge in [-0.15, -0.1) is 5.10 Å². The molecule has 0 spiro atoms. The summed E-state index contributed by atoms with van der Waals surface area (Å²) in [6.45, 7) is 1.82. The minimum absolute atomic E-state index is 0.284. The van der Waals surface area contributed by atoms with Crippen LogP contribution in [0, 0.1) is 0 Å². The van der Waals surface area contributed by atoms with Gasteiger partial charge in [-0.3, -0.25) is 0 Å². The lowest BCUT2D eigenvalue weighted by Crippen LogP contribution is -2.18. The number of hydrogen-bond donors (Lipinski definition) is 2. The van der Waals surface area contributed by atoms with Gasteiger partial charge in [0, 0.05) is 29.4 Å². The van der Waals surface area contributed by atoms with Gasteiger partial charge in [0.05, 0.1) is 13.2 Å². The van der Waals surface area contributed by atoms with Crippen LogP contribution in [0.15, 0.2) is 22.6 Å². The molecular formula is C12H14Cl2N4O2. The van der Waals surface area contributed by atoms with Gasteiger partial charge in [-0.1, -0.05) is 28.3 Å². The van der Waals surface area contributed by atoms with E-state index in [0.29, 0.717) is 41.3 Å². The summed E-state index contributed by atoms with van der Waals surface area (Å²) in [5, 5.41) is 14.9. The van der Waals surface area contributed by atoms with Gasteiger partial charge < -0.3 is 19.8 Å². The molecule has 0 amide bonds. The van der Waals surface area contributed by atoms with Crippen LogP contribution < -0.4 is 10.6 Å². The fourth-order valence-electron chi connectivity index (χ4n) is 1.49. The van der Waals surface area contributed by atoms with Crippen LogP contribution in [0.3, 0.4) is 0 Å². The van der Waals surface area contributed by atoms with Crippen molar-refractivity contribution in [1.82, 2.24) is 15.5 Å². The molecule has 2 aromatic rings. The number of methoxy groups -OCH3 is 1. The molecule has 0 unspecified atom stereocenters. The van der Waals surface area contributed by atoms with E-state index in [-0.39, 0.29) is 6.01 Å². The van der Waals surface area contributed by atoms with Gasteiger partial charge in [-0.2, -0.15) is 0 Å². The zero-order valence-corrected chi connectivity index (χ0v) is 12.3. The molecule has 0 saturated heterocycles. The molecule has 20 heavy (non-hydrogen) atoms. The molecule has 1 aromatic carbocycles. The number of hydrogen-bond acceptors (Lipinski definition) is 6. The lowest BCUT2D eigenvalue weighted by Gasteiger charge is -2.02. The number of nitrogens with one attached hydrogen (secondary N) is 2. The van der Waals surface area contributed by atoms with Crippen molar-refractivity contribution in [2.45, 2.75) is 6.54 Å². The van der Waals surface area contributed by atoms with E-state index in [0.717, 1.165) is 0 Å². The molecule has 0 aliphatic heterocycles. The number of anilines is 2. The maximum absolute atomic E-state index is 5.91. The summed E-state index contributed by atoms with van der Waals surface area (Å²) in [6, 6.07) is 5.36. The Balaban J connectivity index is 1.92. The molecule has 2 rings (SSSR count). The Morgan fingerprint density at radius 2 is 1.95 bits per heavy atom. The first-order valence-electron chi connectivity index (χ1n) is 5.92.